The lowest BCUT2D eigenvalue weighted by Crippen LogP contribution is -2.01. The van der Waals surface area contributed by atoms with Gasteiger partial charge in [-0.2, -0.15) is 0 Å². The van der Waals surface area contributed by atoms with Gasteiger partial charge >= 0.3 is 0 Å². The fraction of sp³-hybridized carbons (Fsp3) is 0.154. The van der Waals surface area contributed by atoms with Gasteiger partial charge in [0, 0.05) is 39.2 Å². The number of benzene rings is 1. The van der Waals surface area contributed by atoms with Gasteiger partial charge in [-0.1, -0.05) is 28.1 Å². The van der Waals surface area contributed by atoms with Crippen LogP contribution < -0.4 is 5.32 Å². The molecule has 0 bridgehead atoms. The van der Waals surface area contributed by atoms with Crippen LogP contribution in [-0.4, -0.2) is 15.4 Å². The van der Waals surface area contributed by atoms with E-state index in [1.165, 1.54) is 0 Å². The second-order valence-electron chi connectivity index (χ2n) is 3.81. The molecule has 1 heterocycles. The molecule has 0 fully saturated rings. The molecule has 1 atom stereocenters. The predicted molar refractivity (Wildman–Crippen MR) is 78.0 cm³/mol. The van der Waals surface area contributed by atoms with E-state index in [1.54, 1.807) is 12.5 Å². The highest BCUT2D eigenvalue weighted by Crippen LogP contribution is 2.14. The third-order valence-corrected chi connectivity index (χ3v) is 3.88. The summed E-state index contributed by atoms with van der Waals surface area (Å²) in [5.74, 6) is 0.826. The monoisotopic (exact) mass is 324 g/mol. The van der Waals surface area contributed by atoms with Crippen molar-refractivity contribution in [2.45, 2.75) is 11.4 Å². The minimum Gasteiger partial charge on any atom is -0.366 e. The Morgan fingerprint density at radius 1 is 1.28 bits per heavy atom. The van der Waals surface area contributed by atoms with Crippen LogP contribution in [0.3, 0.4) is 0 Å². The molecule has 2 aromatic rings. The van der Waals surface area contributed by atoms with Crippen LogP contribution in [0.15, 0.2) is 52.0 Å². The van der Waals surface area contributed by atoms with Crippen molar-refractivity contribution in [1.29, 1.82) is 0 Å². The van der Waals surface area contributed by atoms with Crippen molar-refractivity contribution < 1.29 is 4.21 Å². The molecule has 5 heteroatoms. The second-order valence-corrected chi connectivity index (χ2v) is 6.11. The summed E-state index contributed by atoms with van der Waals surface area (Å²) in [4.78, 5) is 5.06. The Hall–Kier alpha value is -1.20. The van der Waals surface area contributed by atoms with Crippen molar-refractivity contribution in [3.05, 3.63) is 52.6 Å². The van der Waals surface area contributed by atoms with E-state index in [0.717, 1.165) is 20.7 Å². The van der Waals surface area contributed by atoms with E-state index >= 15 is 0 Å². The van der Waals surface area contributed by atoms with E-state index in [0.29, 0.717) is 6.54 Å². The molecule has 0 aliphatic carbocycles. The highest BCUT2D eigenvalue weighted by molar-refractivity contribution is 9.10. The van der Waals surface area contributed by atoms with Gasteiger partial charge in [0.05, 0.1) is 0 Å². The Kier molecular flexibility index (Phi) is 4.49. The quantitative estimate of drug-likeness (QED) is 0.939. The topological polar surface area (TPSA) is 42.0 Å². The van der Waals surface area contributed by atoms with Crippen molar-refractivity contribution in [2.24, 2.45) is 0 Å². The van der Waals surface area contributed by atoms with Gasteiger partial charge in [0.1, 0.15) is 5.82 Å². The summed E-state index contributed by atoms with van der Waals surface area (Å²) >= 11 is 3.40. The molecule has 0 amide bonds. The zero-order chi connectivity index (χ0) is 13.0. The first-order valence-corrected chi connectivity index (χ1v) is 7.78. The third-order valence-electron chi connectivity index (χ3n) is 2.45. The Bertz CT molecular complexity index is 557. The number of anilines is 1. The second kappa shape index (κ2) is 6.11. The van der Waals surface area contributed by atoms with Gasteiger partial charge in [0.15, 0.2) is 0 Å². The summed E-state index contributed by atoms with van der Waals surface area (Å²) in [6, 6.07) is 11.5. The minimum absolute atomic E-state index is 0.695. The van der Waals surface area contributed by atoms with Crippen molar-refractivity contribution in [3.8, 4) is 0 Å². The number of hydrogen-bond acceptors (Lipinski definition) is 3. The first-order valence-electron chi connectivity index (χ1n) is 5.43. The molecule has 3 nitrogen and oxygen atoms in total. The summed E-state index contributed by atoms with van der Waals surface area (Å²) < 4.78 is 12.3. The molecule has 0 aliphatic rings. The number of pyridine rings is 1. The summed E-state index contributed by atoms with van der Waals surface area (Å²) in [6.07, 6.45) is 3.43. The van der Waals surface area contributed by atoms with Crippen molar-refractivity contribution in [3.63, 3.8) is 0 Å². The number of halogens is 1. The lowest BCUT2D eigenvalue weighted by atomic mass is 10.2. The Balaban J connectivity index is 2.00. The maximum absolute atomic E-state index is 11.3. The number of aromatic nitrogens is 1. The van der Waals surface area contributed by atoms with Crippen LogP contribution >= 0.6 is 15.9 Å². The summed E-state index contributed by atoms with van der Waals surface area (Å²) in [7, 11) is -0.919. The van der Waals surface area contributed by atoms with Gasteiger partial charge < -0.3 is 5.32 Å². The van der Waals surface area contributed by atoms with Gasteiger partial charge in [-0.05, 0) is 29.8 Å². The molecular formula is C13H13BrN2OS. The maximum Gasteiger partial charge on any atom is 0.127 e. The highest BCUT2D eigenvalue weighted by atomic mass is 79.9. The average Bonchev–Trinajstić information content (AvgIpc) is 2.37. The molecule has 94 valence electrons. The van der Waals surface area contributed by atoms with Gasteiger partial charge in [0.2, 0.25) is 0 Å². The summed E-state index contributed by atoms with van der Waals surface area (Å²) in [5.41, 5.74) is 1.13. The lowest BCUT2D eigenvalue weighted by Gasteiger charge is -2.06. The normalized spacial score (nSPS) is 12.1. The molecule has 1 N–H and O–H groups in total. The van der Waals surface area contributed by atoms with Crippen molar-refractivity contribution in [1.82, 2.24) is 4.98 Å². The van der Waals surface area contributed by atoms with E-state index < -0.39 is 10.8 Å². The Morgan fingerprint density at radius 2 is 2.00 bits per heavy atom. The molecule has 0 radical (unpaired) electrons. The SMILES string of the molecule is C[S@@](=O)c1ccc(CNc2cc(Br)ccn2)cc1. The third kappa shape index (κ3) is 3.65. The summed E-state index contributed by atoms with van der Waals surface area (Å²) in [5, 5.41) is 3.23. The molecule has 0 aliphatic heterocycles. The zero-order valence-corrected chi connectivity index (χ0v) is 12.3. The van der Waals surface area contributed by atoms with Crippen LogP contribution in [0.2, 0.25) is 0 Å². The average molecular weight is 325 g/mol. The van der Waals surface area contributed by atoms with Crippen LogP contribution in [0.1, 0.15) is 5.56 Å². The van der Waals surface area contributed by atoms with E-state index in [9.17, 15) is 4.21 Å². The molecule has 18 heavy (non-hydrogen) atoms. The first kappa shape index (κ1) is 13.2. The number of rotatable bonds is 4. The molecule has 0 unspecified atom stereocenters. The first-order chi connectivity index (χ1) is 8.65. The van der Waals surface area contributed by atoms with Gasteiger partial charge in [0.25, 0.3) is 0 Å². The Labute approximate surface area is 117 Å². The van der Waals surface area contributed by atoms with Gasteiger partial charge in [-0.15, -0.1) is 0 Å². The zero-order valence-electron chi connectivity index (χ0n) is 9.89. The fourth-order valence-electron chi connectivity index (χ4n) is 1.49. The van der Waals surface area contributed by atoms with E-state index in [4.69, 9.17) is 0 Å². The molecule has 1 aromatic heterocycles. The van der Waals surface area contributed by atoms with E-state index in [-0.39, 0.29) is 0 Å². The predicted octanol–water partition coefficient (Wildman–Crippen LogP) is 3.19. The van der Waals surface area contributed by atoms with E-state index in [2.05, 4.69) is 26.2 Å². The molecule has 1 aromatic carbocycles. The van der Waals surface area contributed by atoms with Gasteiger partial charge in [-0.3, -0.25) is 4.21 Å². The van der Waals surface area contributed by atoms with Crippen LogP contribution in [0.25, 0.3) is 0 Å². The van der Waals surface area contributed by atoms with Crippen LogP contribution in [0.4, 0.5) is 5.82 Å². The van der Waals surface area contributed by atoms with Crippen molar-refractivity contribution >= 4 is 32.5 Å². The maximum atomic E-state index is 11.3. The number of nitrogens with one attached hydrogen (secondary N) is 1. The van der Waals surface area contributed by atoms with E-state index in [1.807, 2.05) is 36.4 Å². The highest BCUT2D eigenvalue weighted by Gasteiger charge is 1.99. The molecule has 0 spiro atoms. The molecule has 2 rings (SSSR count). The van der Waals surface area contributed by atoms with Crippen LogP contribution in [-0.2, 0) is 17.3 Å². The fourth-order valence-corrected chi connectivity index (χ4v) is 2.35. The molecular weight excluding hydrogens is 312 g/mol. The number of nitrogens with zero attached hydrogens (tertiary/aromatic N) is 1. The standard InChI is InChI=1S/C13H13BrN2OS/c1-18(17)12-4-2-10(3-5-12)9-16-13-8-11(14)6-7-15-13/h2-8H,9H2,1H3,(H,15,16)/t18-/m1/s1. The lowest BCUT2D eigenvalue weighted by molar-refractivity contribution is 0.687. The van der Waals surface area contributed by atoms with Crippen LogP contribution in [0.5, 0.6) is 0 Å². The number of hydrogen-bond donors (Lipinski definition) is 1. The summed E-state index contributed by atoms with van der Waals surface area (Å²) in [6.45, 7) is 0.695. The molecule has 0 saturated carbocycles. The van der Waals surface area contributed by atoms with Crippen LogP contribution in [0, 0.1) is 0 Å². The van der Waals surface area contributed by atoms with Crippen molar-refractivity contribution in [2.75, 3.05) is 11.6 Å². The Morgan fingerprint density at radius 3 is 2.61 bits per heavy atom. The largest absolute Gasteiger partial charge is 0.366 e. The van der Waals surface area contributed by atoms with Gasteiger partial charge in [-0.25, -0.2) is 4.98 Å². The smallest absolute Gasteiger partial charge is 0.127 e. The minimum atomic E-state index is -0.919. The molecule has 0 saturated heterocycles.